The third-order valence-corrected chi connectivity index (χ3v) is 1.55. The molecule has 0 aliphatic carbocycles. The molecule has 1 heterocycles. The third-order valence-electron chi connectivity index (χ3n) is 1.55. The van der Waals surface area contributed by atoms with E-state index < -0.39 is 0 Å². The molecule has 0 bridgehead atoms. The molecule has 0 aromatic carbocycles. The van der Waals surface area contributed by atoms with E-state index in [4.69, 9.17) is 10.5 Å². The molecule has 0 amide bonds. The van der Waals surface area contributed by atoms with Crippen molar-refractivity contribution in [2.24, 2.45) is 0 Å². The highest BCUT2D eigenvalue weighted by molar-refractivity contribution is 5.33. The predicted octanol–water partition coefficient (Wildman–Crippen LogP) is 1.58. The molecule has 72 valence electrons. The number of aromatic nitrogens is 2. The summed E-state index contributed by atoms with van der Waals surface area (Å²) in [7, 11) is 0. The zero-order valence-corrected chi connectivity index (χ0v) is 8.24. The average molecular weight is 181 g/mol. The number of rotatable bonds is 3. The summed E-state index contributed by atoms with van der Waals surface area (Å²) < 4.78 is 5.25. The second-order valence-corrected chi connectivity index (χ2v) is 3.08. The number of anilines is 1. The van der Waals surface area contributed by atoms with Crippen LogP contribution in [0.15, 0.2) is 6.07 Å². The zero-order valence-electron chi connectivity index (χ0n) is 8.24. The van der Waals surface area contributed by atoms with Crippen LogP contribution < -0.4 is 10.5 Å². The number of hydrogen-bond acceptors (Lipinski definition) is 4. The first kappa shape index (κ1) is 9.77. The van der Waals surface area contributed by atoms with Gasteiger partial charge in [-0.15, -0.1) is 0 Å². The van der Waals surface area contributed by atoms with Gasteiger partial charge in [-0.05, 0) is 6.92 Å². The first-order valence-corrected chi connectivity index (χ1v) is 4.40. The molecule has 0 unspecified atom stereocenters. The Morgan fingerprint density at radius 2 is 2.15 bits per heavy atom. The molecular formula is C9H15N3O. The van der Waals surface area contributed by atoms with Gasteiger partial charge < -0.3 is 10.5 Å². The summed E-state index contributed by atoms with van der Waals surface area (Å²) in [6.45, 7) is 6.54. The molecule has 0 spiro atoms. The van der Waals surface area contributed by atoms with E-state index in [9.17, 15) is 0 Å². The van der Waals surface area contributed by atoms with E-state index in [-0.39, 0.29) is 5.92 Å². The number of nitrogens with zero attached hydrogens (tertiary/aromatic N) is 2. The minimum absolute atomic E-state index is 0.266. The van der Waals surface area contributed by atoms with Crippen LogP contribution in [0.2, 0.25) is 0 Å². The normalized spacial score (nSPS) is 10.5. The van der Waals surface area contributed by atoms with E-state index >= 15 is 0 Å². The minimum Gasteiger partial charge on any atom is -0.478 e. The van der Waals surface area contributed by atoms with E-state index in [0.717, 1.165) is 5.82 Å². The second-order valence-electron chi connectivity index (χ2n) is 3.08. The second kappa shape index (κ2) is 4.07. The van der Waals surface area contributed by atoms with E-state index in [2.05, 4.69) is 9.97 Å². The Kier molecular flexibility index (Phi) is 3.06. The van der Waals surface area contributed by atoms with Crippen molar-refractivity contribution in [1.82, 2.24) is 9.97 Å². The highest BCUT2D eigenvalue weighted by Crippen LogP contribution is 2.16. The van der Waals surface area contributed by atoms with Crippen LogP contribution in [0.5, 0.6) is 5.88 Å². The van der Waals surface area contributed by atoms with Crippen molar-refractivity contribution in [1.29, 1.82) is 0 Å². The summed E-state index contributed by atoms with van der Waals surface area (Å²) in [5.41, 5.74) is 5.60. The Hall–Kier alpha value is -1.32. The summed E-state index contributed by atoms with van der Waals surface area (Å²) in [6.07, 6.45) is 0. The van der Waals surface area contributed by atoms with Crippen molar-refractivity contribution in [3.8, 4) is 5.88 Å². The van der Waals surface area contributed by atoms with Crippen molar-refractivity contribution in [3.05, 3.63) is 11.9 Å². The molecule has 4 heteroatoms. The van der Waals surface area contributed by atoms with E-state index in [1.165, 1.54) is 0 Å². The van der Waals surface area contributed by atoms with Crippen LogP contribution in [-0.4, -0.2) is 16.6 Å². The fourth-order valence-electron chi connectivity index (χ4n) is 0.941. The molecule has 0 atom stereocenters. The fourth-order valence-corrected chi connectivity index (χ4v) is 0.941. The lowest BCUT2D eigenvalue weighted by Crippen LogP contribution is -2.04. The SMILES string of the molecule is CCOc1cc(N)nc(C(C)C)n1. The van der Waals surface area contributed by atoms with Crippen LogP contribution >= 0.6 is 0 Å². The Morgan fingerprint density at radius 1 is 1.46 bits per heavy atom. The Balaban J connectivity index is 2.96. The first-order valence-electron chi connectivity index (χ1n) is 4.40. The maximum absolute atomic E-state index is 5.60. The van der Waals surface area contributed by atoms with Gasteiger partial charge in [0.05, 0.1) is 6.61 Å². The van der Waals surface area contributed by atoms with Crippen LogP contribution in [0.3, 0.4) is 0 Å². The van der Waals surface area contributed by atoms with Gasteiger partial charge >= 0.3 is 0 Å². The van der Waals surface area contributed by atoms with Gasteiger partial charge in [0, 0.05) is 12.0 Å². The summed E-state index contributed by atoms with van der Waals surface area (Å²) in [5, 5.41) is 0. The summed E-state index contributed by atoms with van der Waals surface area (Å²) in [4.78, 5) is 8.31. The molecule has 0 saturated carbocycles. The largest absolute Gasteiger partial charge is 0.478 e. The molecular weight excluding hydrogens is 166 g/mol. The van der Waals surface area contributed by atoms with E-state index in [1.807, 2.05) is 20.8 Å². The van der Waals surface area contributed by atoms with Gasteiger partial charge in [0.25, 0.3) is 0 Å². The maximum atomic E-state index is 5.60. The Labute approximate surface area is 78.1 Å². The Morgan fingerprint density at radius 3 is 2.69 bits per heavy atom. The fraction of sp³-hybridized carbons (Fsp3) is 0.556. The smallest absolute Gasteiger partial charge is 0.218 e. The number of nitrogens with two attached hydrogens (primary N) is 1. The lowest BCUT2D eigenvalue weighted by Gasteiger charge is -2.07. The van der Waals surface area contributed by atoms with Crippen molar-refractivity contribution in [2.45, 2.75) is 26.7 Å². The molecule has 0 fully saturated rings. The molecule has 0 aliphatic heterocycles. The minimum atomic E-state index is 0.266. The number of hydrogen-bond donors (Lipinski definition) is 1. The maximum Gasteiger partial charge on any atom is 0.218 e. The summed E-state index contributed by atoms with van der Waals surface area (Å²) in [6, 6.07) is 1.63. The van der Waals surface area contributed by atoms with Crippen LogP contribution in [0.1, 0.15) is 32.5 Å². The van der Waals surface area contributed by atoms with Crippen molar-refractivity contribution in [3.63, 3.8) is 0 Å². The summed E-state index contributed by atoms with van der Waals surface area (Å²) in [5.74, 6) is 2.01. The lowest BCUT2D eigenvalue weighted by molar-refractivity contribution is 0.324. The first-order chi connectivity index (χ1) is 6.13. The Bertz CT molecular complexity index is 286. The molecule has 4 nitrogen and oxygen atoms in total. The van der Waals surface area contributed by atoms with Gasteiger partial charge in [0.15, 0.2) is 0 Å². The third kappa shape index (κ3) is 2.57. The number of nitrogen functional groups attached to an aromatic ring is 1. The molecule has 2 N–H and O–H groups in total. The molecule has 0 radical (unpaired) electrons. The molecule has 1 rings (SSSR count). The molecule has 1 aromatic rings. The van der Waals surface area contributed by atoms with Gasteiger partial charge in [0.1, 0.15) is 11.6 Å². The van der Waals surface area contributed by atoms with Crippen LogP contribution in [0.4, 0.5) is 5.82 Å². The molecule has 1 aromatic heterocycles. The standard InChI is InChI=1S/C9H15N3O/c1-4-13-8-5-7(10)11-9(12-8)6(2)3/h5-6H,4H2,1-3H3,(H2,10,11,12). The topological polar surface area (TPSA) is 61.0 Å². The molecule has 13 heavy (non-hydrogen) atoms. The quantitative estimate of drug-likeness (QED) is 0.769. The van der Waals surface area contributed by atoms with Gasteiger partial charge in [-0.2, -0.15) is 4.98 Å². The van der Waals surface area contributed by atoms with Crippen molar-refractivity contribution < 1.29 is 4.74 Å². The van der Waals surface area contributed by atoms with Gasteiger partial charge in [-0.3, -0.25) is 0 Å². The van der Waals surface area contributed by atoms with Crippen LogP contribution in [0.25, 0.3) is 0 Å². The monoisotopic (exact) mass is 181 g/mol. The van der Waals surface area contributed by atoms with Crippen LogP contribution in [0, 0.1) is 0 Å². The van der Waals surface area contributed by atoms with Gasteiger partial charge in [0.2, 0.25) is 5.88 Å². The predicted molar refractivity (Wildman–Crippen MR) is 51.7 cm³/mol. The molecule has 0 aliphatic rings. The van der Waals surface area contributed by atoms with Gasteiger partial charge in [-0.25, -0.2) is 4.98 Å². The highest BCUT2D eigenvalue weighted by atomic mass is 16.5. The highest BCUT2D eigenvalue weighted by Gasteiger charge is 2.06. The van der Waals surface area contributed by atoms with Gasteiger partial charge in [-0.1, -0.05) is 13.8 Å². The number of ether oxygens (including phenoxy) is 1. The average Bonchev–Trinajstić information content (AvgIpc) is 2.03. The summed E-state index contributed by atoms with van der Waals surface area (Å²) >= 11 is 0. The lowest BCUT2D eigenvalue weighted by atomic mass is 10.2. The van der Waals surface area contributed by atoms with E-state index in [0.29, 0.717) is 18.3 Å². The molecule has 0 saturated heterocycles. The van der Waals surface area contributed by atoms with Crippen molar-refractivity contribution >= 4 is 5.82 Å². The van der Waals surface area contributed by atoms with Crippen molar-refractivity contribution in [2.75, 3.05) is 12.3 Å². The van der Waals surface area contributed by atoms with Crippen LogP contribution in [-0.2, 0) is 0 Å². The zero-order chi connectivity index (χ0) is 9.84. The van der Waals surface area contributed by atoms with E-state index in [1.54, 1.807) is 6.07 Å².